The Morgan fingerprint density at radius 2 is 1.18 bits per heavy atom. The Morgan fingerprint density at radius 1 is 0.769 bits per heavy atom. The Labute approximate surface area is 404 Å². The van der Waals surface area contributed by atoms with Gasteiger partial charge < -0.3 is 25.0 Å². The molecule has 1 amide bonds. The molecule has 0 heterocycles. The molecule has 374 valence electrons. The third-order valence-corrected chi connectivity index (χ3v) is 9.16. The fraction of sp³-hybridized carbons (Fsp3) is 0.600. The molecule has 0 saturated heterocycles. The van der Waals surface area contributed by atoms with Gasteiger partial charge in [0.25, 0.3) is 5.91 Å². The monoisotopic (exact) mass is 928 g/mol. The zero-order valence-corrected chi connectivity index (χ0v) is 44.8. The zero-order chi connectivity index (χ0) is 51.3. The number of carbonyl (C=O) groups excluding carboxylic acids is 6. The van der Waals surface area contributed by atoms with Crippen molar-refractivity contribution in [2.24, 2.45) is 22.9 Å². The molecule has 1 aliphatic carbocycles. The Hall–Kier alpha value is -3.99. The van der Waals surface area contributed by atoms with Gasteiger partial charge in [-0.2, -0.15) is 0 Å². The van der Waals surface area contributed by atoms with E-state index in [-0.39, 0.29) is 29.9 Å². The topological polar surface area (TPSA) is 152 Å². The Morgan fingerprint density at radius 3 is 1.48 bits per heavy atom. The molecule has 0 aromatic heterocycles. The van der Waals surface area contributed by atoms with Crippen molar-refractivity contribution in [3.8, 4) is 0 Å². The maximum Gasteiger partial charge on any atom is 0.288 e. The lowest BCUT2D eigenvalue weighted by atomic mass is 9.93. The Bertz CT molecular complexity index is 1380. The minimum Gasteiger partial charge on any atom is -0.342 e. The number of Topliss-reactive ketones (excluding diaryl/α,β-unsaturated/α-hetero) is 3. The van der Waals surface area contributed by atoms with Gasteiger partial charge in [0.2, 0.25) is 5.78 Å². The highest BCUT2D eigenvalue weighted by Gasteiger charge is 2.24. The number of amides is 1. The van der Waals surface area contributed by atoms with Crippen molar-refractivity contribution < 1.29 is 28.8 Å². The van der Waals surface area contributed by atoms with Crippen LogP contribution in [0.1, 0.15) is 179 Å². The molecule has 9 nitrogen and oxygen atoms in total. The fourth-order valence-corrected chi connectivity index (χ4v) is 5.26. The summed E-state index contributed by atoms with van der Waals surface area (Å²) in [5.41, 5.74) is 4.07. The number of rotatable bonds is 17. The molecule has 2 aromatic carbocycles. The summed E-state index contributed by atoms with van der Waals surface area (Å²) >= 11 is 1.28. The van der Waals surface area contributed by atoms with Gasteiger partial charge in [-0.1, -0.05) is 184 Å². The van der Waals surface area contributed by atoms with Crippen LogP contribution >= 0.6 is 11.9 Å². The lowest BCUT2D eigenvalue weighted by Crippen LogP contribution is -2.38. The van der Waals surface area contributed by atoms with E-state index in [1.165, 1.54) is 114 Å². The number of carbonyl (C=O) groups is 6. The standard InChI is InChI=1S/C13H24.C12H22N2O3.C7H9NS.C6H12.C6H6.C4H8O.C3H6O.C2H4O.C2H6/c1-6-8-9-13(11(3)4)10-12(5)7-2;1-4-5-10(6-7-13-3)11(16)12(17)14-8-9(2)15;1-6-2-4-7(9-8)5-3-6;2*1-2-4-6-5-3-1;1-4(2)3-5;1-3(2)4;1-2-3;1-2/h10,13H,3,6-9H2,1-2,4-5H3;10,13H,4-8H2,1-3H3,(H,14,17);2-5H,8H2,1H3;1-6H2;1-6H;3-4H,1-2H3;1-2H3;2H,1H3;1-2H3/b12-10+;;;;;;;;. The average molecular weight is 928 g/mol. The molecular formula is C55H97N3O6S. The van der Waals surface area contributed by atoms with Crippen molar-refractivity contribution in [1.29, 1.82) is 0 Å². The zero-order valence-electron chi connectivity index (χ0n) is 44.0. The molecule has 10 heteroatoms. The lowest BCUT2D eigenvalue weighted by molar-refractivity contribution is -0.140. The molecule has 65 heavy (non-hydrogen) atoms. The quantitative estimate of drug-likeness (QED) is 0.0609. The third-order valence-electron chi connectivity index (χ3n) is 8.61. The Kier molecular flexibility index (Phi) is 64.8. The van der Waals surface area contributed by atoms with Gasteiger partial charge >= 0.3 is 0 Å². The number of nitrogens with two attached hydrogens (primary N) is 1. The first-order chi connectivity index (χ1) is 30.9. The van der Waals surface area contributed by atoms with Crippen LogP contribution in [0, 0.1) is 24.7 Å². The molecular weight excluding hydrogens is 831 g/mol. The number of hydrogen-bond donors (Lipinski definition) is 3. The molecule has 1 saturated carbocycles. The van der Waals surface area contributed by atoms with Crippen LogP contribution in [0.4, 0.5) is 0 Å². The summed E-state index contributed by atoms with van der Waals surface area (Å²) < 4.78 is 0. The number of hydrogen-bond acceptors (Lipinski definition) is 9. The van der Waals surface area contributed by atoms with Crippen LogP contribution < -0.4 is 15.8 Å². The van der Waals surface area contributed by atoms with Gasteiger partial charge in [0.1, 0.15) is 24.1 Å². The van der Waals surface area contributed by atoms with Gasteiger partial charge in [0, 0.05) is 16.7 Å². The third kappa shape index (κ3) is 64.4. The largest absolute Gasteiger partial charge is 0.342 e. The van der Waals surface area contributed by atoms with Crippen LogP contribution in [0.25, 0.3) is 0 Å². The molecule has 0 spiro atoms. The first-order valence-corrected chi connectivity index (χ1v) is 24.8. The number of allylic oxidation sites excluding steroid dienone is 3. The first kappa shape index (κ1) is 72.6. The lowest BCUT2D eigenvalue weighted by Gasteiger charge is -2.13. The number of aryl methyl sites for hydroxylation is 1. The molecule has 3 rings (SSSR count). The smallest absolute Gasteiger partial charge is 0.288 e. The molecule has 0 radical (unpaired) electrons. The highest BCUT2D eigenvalue weighted by Crippen LogP contribution is 2.20. The molecule has 1 fully saturated rings. The second-order valence-corrected chi connectivity index (χ2v) is 16.5. The maximum atomic E-state index is 11.8. The molecule has 2 aromatic rings. The van der Waals surface area contributed by atoms with Crippen LogP contribution in [-0.2, 0) is 28.8 Å². The van der Waals surface area contributed by atoms with E-state index in [9.17, 15) is 24.0 Å². The minimum absolute atomic E-state index is 0.0740. The summed E-state index contributed by atoms with van der Waals surface area (Å²) in [5.74, 6) is -0.485. The molecule has 0 bridgehead atoms. The molecule has 4 N–H and O–H groups in total. The first-order valence-electron chi connectivity index (χ1n) is 23.9. The van der Waals surface area contributed by atoms with Crippen molar-refractivity contribution in [3.05, 3.63) is 90.0 Å². The normalized spacial score (nSPS) is 11.6. The second kappa shape index (κ2) is 58.0. The maximum absolute atomic E-state index is 11.8. The van der Waals surface area contributed by atoms with E-state index in [0.29, 0.717) is 25.3 Å². The van der Waals surface area contributed by atoms with E-state index in [4.69, 9.17) is 9.93 Å². The van der Waals surface area contributed by atoms with Crippen molar-refractivity contribution in [2.75, 3.05) is 20.1 Å². The number of ketones is 3. The van der Waals surface area contributed by atoms with Gasteiger partial charge in [0.15, 0.2) is 0 Å². The van der Waals surface area contributed by atoms with E-state index in [0.717, 1.165) is 30.3 Å². The second-order valence-electron chi connectivity index (χ2n) is 15.8. The van der Waals surface area contributed by atoms with Crippen LogP contribution in [0.15, 0.2) is 89.4 Å². The predicted molar refractivity (Wildman–Crippen MR) is 283 cm³/mol. The fourth-order valence-electron chi connectivity index (χ4n) is 4.97. The minimum atomic E-state index is -0.644. The summed E-state index contributed by atoms with van der Waals surface area (Å²) in [6.07, 6.45) is 20.3. The van der Waals surface area contributed by atoms with Gasteiger partial charge in [-0.3, -0.25) is 19.5 Å². The van der Waals surface area contributed by atoms with E-state index < -0.39 is 11.7 Å². The van der Waals surface area contributed by atoms with Crippen LogP contribution in [0.5, 0.6) is 0 Å². The SMILES string of the molecule is C1CCCCC1.C=C(C)C(/C=C(\C)CC)CCCC.CC.CC(C)=O.CC(C)C=O.CC=O.CCCC(CCNC)C(=O)C(=O)NCC(C)=O.Cc1ccc(SN)cc1.c1ccccc1. The number of aldehydes is 2. The van der Waals surface area contributed by atoms with E-state index >= 15 is 0 Å². The van der Waals surface area contributed by atoms with Crippen molar-refractivity contribution in [2.45, 2.75) is 185 Å². The molecule has 0 aliphatic heterocycles. The summed E-state index contributed by atoms with van der Waals surface area (Å²) in [4.78, 5) is 62.9. The summed E-state index contributed by atoms with van der Waals surface area (Å²) in [5, 5.41) is 10.6. The van der Waals surface area contributed by atoms with Crippen molar-refractivity contribution >= 4 is 47.8 Å². The van der Waals surface area contributed by atoms with Gasteiger partial charge in [-0.15, -0.1) is 0 Å². The summed E-state index contributed by atoms with van der Waals surface area (Å²) in [6, 6.07) is 20.1. The van der Waals surface area contributed by atoms with Crippen molar-refractivity contribution in [1.82, 2.24) is 10.6 Å². The molecule has 2 unspecified atom stereocenters. The average Bonchev–Trinajstić information content (AvgIpc) is 3.31. The van der Waals surface area contributed by atoms with E-state index in [2.05, 4.69) is 70.0 Å². The summed E-state index contributed by atoms with van der Waals surface area (Å²) in [6.45, 7) is 31.1. The highest BCUT2D eigenvalue weighted by molar-refractivity contribution is 7.97. The van der Waals surface area contributed by atoms with E-state index in [1.54, 1.807) is 0 Å². The predicted octanol–water partition coefficient (Wildman–Crippen LogP) is 13.7. The van der Waals surface area contributed by atoms with E-state index in [1.807, 2.05) is 90.2 Å². The molecule has 1 aliphatic rings. The van der Waals surface area contributed by atoms with Crippen LogP contribution in [-0.4, -0.2) is 56.0 Å². The number of benzene rings is 2. The highest BCUT2D eigenvalue weighted by atomic mass is 32.2. The molecule has 2 atom stereocenters. The van der Waals surface area contributed by atoms with Gasteiger partial charge in [-0.25, -0.2) is 0 Å². The number of nitrogens with one attached hydrogen (secondary N) is 2. The Balaban J connectivity index is -0.000000161. The van der Waals surface area contributed by atoms with Gasteiger partial charge in [-0.05, 0) is 118 Å². The van der Waals surface area contributed by atoms with Crippen LogP contribution in [0.2, 0.25) is 0 Å². The van der Waals surface area contributed by atoms with Gasteiger partial charge in [0.05, 0.1) is 6.54 Å². The van der Waals surface area contributed by atoms with Crippen molar-refractivity contribution in [3.63, 3.8) is 0 Å². The number of unbranched alkanes of at least 4 members (excludes halogenated alkanes) is 1. The van der Waals surface area contributed by atoms with Crippen LogP contribution in [0.3, 0.4) is 0 Å². The summed E-state index contributed by atoms with van der Waals surface area (Å²) in [7, 11) is 1.81.